The number of carbonyl (C=O) groups is 1. The van der Waals surface area contributed by atoms with Crippen LogP contribution < -0.4 is 5.32 Å². The highest BCUT2D eigenvalue weighted by Gasteiger charge is 2.14. The molecule has 0 unspecified atom stereocenters. The average molecular weight is 399 g/mol. The van der Waals surface area contributed by atoms with Crippen LogP contribution in [0.5, 0.6) is 0 Å². The van der Waals surface area contributed by atoms with E-state index in [1.54, 1.807) is 4.68 Å². The quantitative estimate of drug-likeness (QED) is 0.549. The number of hydrogen-bond acceptors (Lipinski definition) is 3. The van der Waals surface area contributed by atoms with Crippen LogP contribution in [0, 0.1) is 0 Å². The summed E-state index contributed by atoms with van der Waals surface area (Å²) in [5.41, 5.74) is 2.75. The van der Waals surface area contributed by atoms with E-state index in [1.165, 1.54) is 0 Å². The van der Waals surface area contributed by atoms with Gasteiger partial charge in [0.2, 0.25) is 5.91 Å². The van der Waals surface area contributed by atoms with Crippen molar-refractivity contribution in [3.63, 3.8) is 0 Å². The van der Waals surface area contributed by atoms with Gasteiger partial charge in [-0.3, -0.25) is 9.48 Å². The molecule has 0 aliphatic rings. The molecule has 0 spiro atoms. The maximum atomic E-state index is 12.4. The summed E-state index contributed by atoms with van der Waals surface area (Å²) in [5.74, 6) is -0.0292. The molecule has 0 bridgehead atoms. The lowest BCUT2D eigenvalue weighted by molar-refractivity contribution is -0.121. The van der Waals surface area contributed by atoms with Crippen LogP contribution in [0.25, 0.3) is 22.2 Å². The van der Waals surface area contributed by atoms with Crippen molar-refractivity contribution in [3.8, 4) is 11.3 Å². The Morgan fingerprint density at radius 2 is 1.89 bits per heavy atom. The standard InChI is InChI=1S/C22H27ClN4O/c1-3-26(4-2)14-8-13-24-21(28)16-27-20-12-11-18(23)15-19(20)22(25-27)17-9-6-5-7-10-17/h5-7,9-12,15H,3-4,8,13-14,16H2,1-2H3,(H,24,28). The number of benzene rings is 2. The van der Waals surface area contributed by atoms with Gasteiger partial charge in [-0.15, -0.1) is 0 Å². The van der Waals surface area contributed by atoms with E-state index in [9.17, 15) is 4.79 Å². The molecule has 0 radical (unpaired) electrons. The minimum atomic E-state index is -0.0292. The maximum absolute atomic E-state index is 12.4. The molecule has 28 heavy (non-hydrogen) atoms. The Morgan fingerprint density at radius 3 is 2.61 bits per heavy atom. The van der Waals surface area contributed by atoms with Crippen molar-refractivity contribution in [2.45, 2.75) is 26.8 Å². The van der Waals surface area contributed by atoms with Crippen molar-refractivity contribution < 1.29 is 4.79 Å². The second kappa shape index (κ2) is 9.71. The molecule has 0 atom stereocenters. The number of carbonyl (C=O) groups excluding carboxylic acids is 1. The molecule has 0 saturated heterocycles. The lowest BCUT2D eigenvalue weighted by Gasteiger charge is -2.17. The van der Waals surface area contributed by atoms with Gasteiger partial charge in [-0.25, -0.2) is 0 Å². The molecule has 6 heteroatoms. The number of nitrogens with one attached hydrogen (secondary N) is 1. The Hall–Kier alpha value is -2.37. The minimum Gasteiger partial charge on any atom is -0.354 e. The predicted molar refractivity (Wildman–Crippen MR) is 116 cm³/mol. The molecule has 0 aliphatic carbocycles. The molecule has 5 nitrogen and oxygen atoms in total. The Kier molecular flexibility index (Phi) is 7.06. The highest BCUT2D eigenvalue weighted by molar-refractivity contribution is 6.31. The third-order valence-electron chi connectivity index (χ3n) is 4.92. The van der Waals surface area contributed by atoms with Gasteiger partial charge in [0.05, 0.1) is 5.52 Å². The first-order valence-corrected chi connectivity index (χ1v) is 10.2. The lowest BCUT2D eigenvalue weighted by atomic mass is 10.1. The van der Waals surface area contributed by atoms with Crippen LogP contribution in [-0.4, -0.2) is 46.8 Å². The van der Waals surface area contributed by atoms with Crippen molar-refractivity contribution in [1.82, 2.24) is 20.0 Å². The Bertz CT molecular complexity index is 919. The van der Waals surface area contributed by atoms with Crippen molar-refractivity contribution >= 4 is 28.4 Å². The maximum Gasteiger partial charge on any atom is 0.241 e. The van der Waals surface area contributed by atoms with Crippen LogP contribution in [-0.2, 0) is 11.3 Å². The minimum absolute atomic E-state index is 0.0292. The van der Waals surface area contributed by atoms with Crippen LogP contribution in [0.4, 0.5) is 0 Å². The average Bonchev–Trinajstić information content (AvgIpc) is 3.06. The summed E-state index contributed by atoms with van der Waals surface area (Å²) in [5, 5.41) is 9.33. The fourth-order valence-electron chi connectivity index (χ4n) is 3.34. The number of rotatable bonds is 9. The molecular weight excluding hydrogens is 372 g/mol. The number of nitrogens with zero attached hydrogens (tertiary/aromatic N) is 3. The van der Waals surface area contributed by atoms with E-state index in [1.807, 2.05) is 48.5 Å². The summed E-state index contributed by atoms with van der Waals surface area (Å²) in [6.07, 6.45) is 0.943. The Morgan fingerprint density at radius 1 is 1.14 bits per heavy atom. The summed E-state index contributed by atoms with van der Waals surface area (Å²) in [6.45, 7) is 8.24. The number of amides is 1. The molecule has 1 aromatic heterocycles. The molecule has 0 saturated carbocycles. The normalized spacial score (nSPS) is 11.3. The van der Waals surface area contributed by atoms with Gasteiger partial charge in [0.25, 0.3) is 0 Å². The van der Waals surface area contributed by atoms with E-state index >= 15 is 0 Å². The summed E-state index contributed by atoms with van der Waals surface area (Å²) in [4.78, 5) is 14.8. The third kappa shape index (κ3) is 4.91. The second-order valence-corrected chi connectivity index (χ2v) is 7.20. The monoisotopic (exact) mass is 398 g/mol. The predicted octanol–water partition coefficient (Wildman–Crippen LogP) is 4.20. The van der Waals surface area contributed by atoms with E-state index in [2.05, 4.69) is 24.1 Å². The number of hydrogen-bond donors (Lipinski definition) is 1. The van der Waals surface area contributed by atoms with Gasteiger partial charge < -0.3 is 10.2 Å². The highest BCUT2D eigenvalue weighted by atomic mass is 35.5. The molecule has 148 valence electrons. The number of fused-ring (bicyclic) bond motifs is 1. The van der Waals surface area contributed by atoms with Gasteiger partial charge in [-0.2, -0.15) is 5.10 Å². The molecule has 0 aliphatic heterocycles. The first-order chi connectivity index (χ1) is 13.6. The zero-order valence-electron chi connectivity index (χ0n) is 16.5. The molecule has 3 aromatic rings. The van der Waals surface area contributed by atoms with E-state index < -0.39 is 0 Å². The van der Waals surface area contributed by atoms with Crippen LogP contribution >= 0.6 is 11.6 Å². The second-order valence-electron chi connectivity index (χ2n) is 6.76. The first-order valence-electron chi connectivity index (χ1n) is 9.83. The summed E-state index contributed by atoms with van der Waals surface area (Å²) >= 11 is 6.21. The van der Waals surface area contributed by atoms with Gasteiger partial charge in [0.15, 0.2) is 0 Å². The van der Waals surface area contributed by atoms with Crippen molar-refractivity contribution in [2.24, 2.45) is 0 Å². The van der Waals surface area contributed by atoms with E-state index in [0.29, 0.717) is 11.6 Å². The number of aromatic nitrogens is 2. The lowest BCUT2D eigenvalue weighted by Crippen LogP contribution is -2.32. The van der Waals surface area contributed by atoms with Crippen LogP contribution in [0.15, 0.2) is 48.5 Å². The van der Waals surface area contributed by atoms with Crippen LogP contribution in [0.1, 0.15) is 20.3 Å². The molecule has 3 rings (SSSR count). The van der Waals surface area contributed by atoms with Crippen molar-refractivity contribution in [3.05, 3.63) is 53.6 Å². The van der Waals surface area contributed by atoms with Gasteiger partial charge in [0, 0.05) is 22.5 Å². The van der Waals surface area contributed by atoms with Gasteiger partial charge in [-0.1, -0.05) is 55.8 Å². The zero-order valence-corrected chi connectivity index (χ0v) is 17.2. The molecule has 2 aromatic carbocycles. The SMILES string of the molecule is CCN(CC)CCCNC(=O)Cn1nc(-c2ccccc2)c2cc(Cl)ccc21. The van der Waals surface area contributed by atoms with Crippen molar-refractivity contribution in [1.29, 1.82) is 0 Å². The Labute approximate surface area is 171 Å². The van der Waals surface area contributed by atoms with Gasteiger partial charge in [0.1, 0.15) is 12.2 Å². The fraction of sp³-hybridized carbons (Fsp3) is 0.364. The van der Waals surface area contributed by atoms with E-state index in [-0.39, 0.29) is 12.5 Å². The zero-order chi connectivity index (χ0) is 19.9. The largest absolute Gasteiger partial charge is 0.354 e. The first kappa shape index (κ1) is 20.4. The number of halogens is 1. The smallest absolute Gasteiger partial charge is 0.241 e. The summed E-state index contributed by atoms with van der Waals surface area (Å²) < 4.78 is 1.76. The van der Waals surface area contributed by atoms with Crippen LogP contribution in [0.2, 0.25) is 5.02 Å². The van der Waals surface area contributed by atoms with Gasteiger partial charge in [-0.05, 0) is 44.3 Å². The fourth-order valence-corrected chi connectivity index (χ4v) is 3.52. The summed E-state index contributed by atoms with van der Waals surface area (Å²) in [6, 6.07) is 15.6. The van der Waals surface area contributed by atoms with Crippen LogP contribution in [0.3, 0.4) is 0 Å². The van der Waals surface area contributed by atoms with Gasteiger partial charge >= 0.3 is 0 Å². The highest BCUT2D eigenvalue weighted by Crippen LogP contribution is 2.30. The third-order valence-corrected chi connectivity index (χ3v) is 5.16. The topological polar surface area (TPSA) is 50.2 Å². The van der Waals surface area contributed by atoms with E-state index in [0.717, 1.165) is 48.2 Å². The molecular formula is C22H27ClN4O. The summed E-state index contributed by atoms with van der Waals surface area (Å²) in [7, 11) is 0. The van der Waals surface area contributed by atoms with Crippen molar-refractivity contribution in [2.75, 3.05) is 26.2 Å². The molecule has 0 fully saturated rings. The Balaban J connectivity index is 1.72. The molecule has 1 amide bonds. The van der Waals surface area contributed by atoms with E-state index in [4.69, 9.17) is 16.7 Å². The molecule has 1 heterocycles. The molecule has 1 N–H and O–H groups in total.